The summed E-state index contributed by atoms with van der Waals surface area (Å²) in [5.41, 5.74) is -0.143. The summed E-state index contributed by atoms with van der Waals surface area (Å²) in [5.74, 6) is -1.97. The van der Waals surface area contributed by atoms with Crippen LogP contribution in [0, 0.1) is 0 Å². The number of benzene rings is 2. The van der Waals surface area contributed by atoms with Gasteiger partial charge in [0.1, 0.15) is 6.10 Å². The van der Waals surface area contributed by atoms with Gasteiger partial charge in [0.15, 0.2) is 0 Å². The first-order valence-corrected chi connectivity index (χ1v) is 8.14. The van der Waals surface area contributed by atoms with Gasteiger partial charge in [-0.05, 0) is 30.3 Å². The number of methoxy groups -OCH3 is 1. The molecule has 2 amide bonds. The molecule has 0 radical (unpaired) electrons. The van der Waals surface area contributed by atoms with Crippen LogP contribution >= 0.6 is 11.6 Å². The molecule has 0 saturated carbocycles. The quantitative estimate of drug-likeness (QED) is 0.750. The molecular weight excluding hydrogens is 385 g/mol. The third kappa shape index (κ3) is 5.70. The van der Waals surface area contributed by atoms with Gasteiger partial charge in [-0.1, -0.05) is 29.8 Å². The third-order valence-electron chi connectivity index (χ3n) is 3.66. The summed E-state index contributed by atoms with van der Waals surface area (Å²) in [7, 11) is 1.43. The monoisotopic (exact) mass is 400 g/mol. The SMILES string of the molecule is COC(CNC(=O)C(=O)Nc1ccc(C(F)(F)F)cc1)c1ccccc1Cl. The summed E-state index contributed by atoms with van der Waals surface area (Å²) < 4.78 is 42.8. The van der Waals surface area contributed by atoms with E-state index in [1.807, 2.05) is 0 Å². The van der Waals surface area contributed by atoms with Gasteiger partial charge >= 0.3 is 18.0 Å². The molecule has 27 heavy (non-hydrogen) atoms. The molecule has 0 bridgehead atoms. The Hall–Kier alpha value is -2.58. The molecule has 5 nitrogen and oxygen atoms in total. The van der Waals surface area contributed by atoms with Crippen molar-refractivity contribution < 1.29 is 27.5 Å². The predicted octanol–water partition coefficient (Wildman–Crippen LogP) is 3.80. The van der Waals surface area contributed by atoms with E-state index in [4.69, 9.17) is 16.3 Å². The molecule has 0 spiro atoms. The first-order valence-electron chi connectivity index (χ1n) is 7.76. The van der Waals surface area contributed by atoms with E-state index in [9.17, 15) is 22.8 Å². The van der Waals surface area contributed by atoms with Crippen LogP contribution in [0.2, 0.25) is 5.02 Å². The maximum absolute atomic E-state index is 12.5. The second-order valence-electron chi connectivity index (χ2n) is 5.49. The number of hydrogen-bond donors (Lipinski definition) is 2. The van der Waals surface area contributed by atoms with Gasteiger partial charge in [-0.3, -0.25) is 9.59 Å². The van der Waals surface area contributed by atoms with Gasteiger partial charge in [0, 0.05) is 29.9 Å². The summed E-state index contributed by atoms with van der Waals surface area (Å²) in [6, 6.07) is 10.6. The van der Waals surface area contributed by atoms with Crippen LogP contribution in [-0.4, -0.2) is 25.5 Å². The highest BCUT2D eigenvalue weighted by molar-refractivity contribution is 6.39. The molecule has 0 aliphatic rings. The van der Waals surface area contributed by atoms with E-state index in [0.29, 0.717) is 10.6 Å². The fraction of sp³-hybridized carbons (Fsp3) is 0.222. The number of halogens is 4. The van der Waals surface area contributed by atoms with Crippen molar-refractivity contribution in [1.29, 1.82) is 0 Å². The normalized spacial score (nSPS) is 12.3. The number of hydrogen-bond acceptors (Lipinski definition) is 3. The lowest BCUT2D eigenvalue weighted by atomic mass is 10.1. The number of carbonyl (C=O) groups excluding carboxylic acids is 2. The van der Waals surface area contributed by atoms with Crippen molar-refractivity contribution in [2.45, 2.75) is 12.3 Å². The van der Waals surface area contributed by atoms with Gasteiger partial charge in [0.2, 0.25) is 0 Å². The molecule has 0 aliphatic carbocycles. The van der Waals surface area contributed by atoms with Crippen LogP contribution in [0.3, 0.4) is 0 Å². The van der Waals surface area contributed by atoms with Gasteiger partial charge in [-0.25, -0.2) is 0 Å². The Morgan fingerprint density at radius 1 is 1.07 bits per heavy atom. The van der Waals surface area contributed by atoms with Crippen LogP contribution in [0.15, 0.2) is 48.5 Å². The Balaban J connectivity index is 1.93. The van der Waals surface area contributed by atoms with Gasteiger partial charge in [-0.2, -0.15) is 13.2 Å². The molecule has 0 saturated heterocycles. The molecule has 2 N–H and O–H groups in total. The third-order valence-corrected chi connectivity index (χ3v) is 4.01. The molecule has 0 aliphatic heterocycles. The largest absolute Gasteiger partial charge is 0.416 e. The van der Waals surface area contributed by atoms with Crippen LogP contribution in [0.4, 0.5) is 18.9 Å². The second-order valence-corrected chi connectivity index (χ2v) is 5.89. The number of rotatable bonds is 5. The molecule has 2 rings (SSSR count). The lowest BCUT2D eigenvalue weighted by molar-refractivity contribution is -0.137. The van der Waals surface area contributed by atoms with E-state index in [0.717, 1.165) is 24.3 Å². The average molecular weight is 401 g/mol. The van der Waals surface area contributed by atoms with E-state index in [-0.39, 0.29) is 12.2 Å². The average Bonchev–Trinajstić information content (AvgIpc) is 2.63. The van der Waals surface area contributed by atoms with E-state index in [1.54, 1.807) is 24.3 Å². The molecular formula is C18H16ClF3N2O3. The molecule has 144 valence electrons. The van der Waals surface area contributed by atoms with Crippen molar-refractivity contribution in [2.24, 2.45) is 0 Å². The van der Waals surface area contributed by atoms with Crippen molar-refractivity contribution in [3.63, 3.8) is 0 Å². The molecule has 1 atom stereocenters. The summed E-state index contributed by atoms with van der Waals surface area (Å²) in [6.45, 7) is -0.0144. The minimum Gasteiger partial charge on any atom is -0.375 e. The summed E-state index contributed by atoms with van der Waals surface area (Å²) in [5, 5.41) is 5.08. The van der Waals surface area contributed by atoms with E-state index in [1.165, 1.54) is 7.11 Å². The number of ether oxygens (including phenoxy) is 1. The van der Waals surface area contributed by atoms with Crippen molar-refractivity contribution in [3.05, 3.63) is 64.7 Å². The molecule has 1 unspecified atom stereocenters. The lowest BCUT2D eigenvalue weighted by Crippen LogP contribution is -2.38. The van der Waals surface area contributed by atoms with Gasteiger partial charge in [0.25, 0.3) is 0 Å². The second kappa shape index (κ2) is 8.88. The maximum Gasteiger partial charge on any atom is 0.416 e. The van der Waals surface area contributed by atoms with Crippen molar-refractivity contribution in [3.8, 4) is 0 Å². The Bertz CT molecular complexity index is 810. The zero-order valence-corrected chi connectivity index (χ0v) is 14.9. The number of amides is 2. The zero-order chi connectivity index (χ0) is 20.0. The first kappa shape index (κ1) is 20.7. The molecule has 0 aromatic heterocycles. The van der Waals surface area contributed by atoms with Crippen molar-refractivity contribution >= 4 is 29.1 Å². The van der Waals surface area contributed by atoms with Gasteiger partial charge in [0.05, 0.1) is 5.56 Å². The predicted molar refractivity (Wildman–Crippen MR) is 94.3 cm³/mol. The minimum absolute atomic E-state index is 0.0144. The van der Waals surface area contributed by atoms with E-state index < -0.39 is 29.7 Å². The topological polar surface area (TPSA) is 67.4 Å². The molecule has 0 heterocycles. The number of carbonyl (C=O) groups is 2. The van der Waals surface area contributed by atoms with Crippen LogP contribution in [0.5, 0.6) is 0 Å². The Morgan fingerprint density at radius 2 is 1.70 bits per heavy atom. The first-order chi connectivity index (χ1) is 12.7. The Kier molecular flexibility index (Phi) is 6.81. The van der Waals surface area contributed by atoms with Gasteiger partial charge < -0.3 is 15.4 Å². The lowest BCUT2D eigenvalue weighted by Gasteiger charge is -2.17. The smallest absolute Gasteiger partial charge is 0.375 e. The maximum atomic E-state index is 12.5. The highest BCUT2D eigenvalue weighted by Crippen LogP contribution is 2.29. The van der Waals surface area contributed by atoms with E-state index >= 15 is 0 Å². The molecule has 0 fully saturated rings. The van der Waals surface area contributed by atoms with Crippen molar-refractivity contribution in [2.75, 3.05) is 19.0 Å². The van der Waals surface area contributed by atoms with Crippen molar-refractivity contribution in [1.82, 2.24) is 5.32 Å². The van der Waals surface area contributed by atoms with Crippen LogP contribution in [0.1, 0.15) is 17.2 Å². The summed E-state index contributed by atoms with van der Waals surface area (Å²) >= 11 is 6.08. The number of nitrogens with one attached hydrogen (secondary N) is 2. The van der Waals surface area contributed by atoms with Crippen LogP contribution in [-0.2, 0) is 20.5 Å². The molecule has 2 aromatic rings. The zero-order valence-electron chi connectivity index (χ0n) is 14.1. The van der Waals surface area contributed by atoms with Crippen LogP contribution < -0.4 is 10.6 Å². The van der Waals surface area contributed by atoms with Crippen LogP contribution in [0.25, 0.3) is 0 Å². The highest BCUT2D eigenvalue weighted by atomic mass is 35.5. The van der Waals surface area contributed by atoms with Gasteiger partial charge in [-0.15, -0.1) is 0 Å². The Labute approximate surface area is 158 Å². The summed E-state index contributed by atoms with van der Waals surface area (Å²) in [6.07, 6.45) is -5.05. The fourth-order valence-corrected chi connectivity index (χ4v) is 2.51. The van der Waals surface area contributed by atoms with E-state index in [2.05, 4.69) is 10.6 Å². The molecule has 2 aromatic carbocycles. The standard InChI is InChI=1S/C18H16ClF3N2O3/c1-27-15(13-4-2-3-5-14(13)19)10-23-16(25)17(26)24-12-8-6-11(7-9-12)18(20,21)22/h2-9,15H,10H2,1H3,(H,23,25)(H,24,26). The minimum atomic E-state index is -4.48. The fourth-order valence-electron chi connectivity index (χ4n) is 2.25. The highest BCUT2D eigenvalue weighted by Gasteiger charge is 2.30. The number of alkyl halides is 3. The Morgan fingerprint density at radius 3 is 2.26 bits per heavy atom. The summed E-state index contributed by atoms with van der Waals surface area (Å²) in [4.78, 5) is 23.8. The molecule has 9 heteroatoms. The number of anilines is 1.